The molecule has 1 aliphatic heterocycles. The Balaban J connectivity index is 1.48. The second kappa shape index (κ2) is 9.64. The second-order valence-corrected chi connectivity index (χ2v) is 9.42. The Morgan fingerprint density at radius 1 is 1.03 bits per heavy atom. The van der Waals surface area contributed by atoms with Crippen molar-refractivity contribution in [2.75, 3.05) is 17.0 Å². The Bertz CT molecular complexity index is 1380. The molecule has 1 amide bonds. The average molecular weight is 489 g/mol. The van der Waals surface area contributed by atoms with E-state index < -0.39 is 0 Å². The summed E-state index contributed by atoms with van der Waals surface area (Å²) in [5, 5.41) is 22.4. The first kappa shape index (κ1) is 22.1. The van der Waals surface area contributed by atoms with E-state index in [4.69, 9.17) is 0 Å². The fourth-order valence-electron chi connectivity index (χ4n) is 3.44. The lowest BCUT2D eigenvalue weighted by molar-refractivity contribution is -0.112. The highest BCUT2D eigenvalue weighted by atomic mass is 32.1. The predicted molar refractivity (Wildman–Crippen MR) is 137 cm³/mol. The number of aliphatic hydroxyl groups is 1. The van der Waals surface area contributed by atoms with Gasteiger partial charge >= 0.3 is 5.91 Å². The van der Waals surface area contributed by atoms with Crippen molar-refractivity contribution in [1.29, 1.82) is 0 Å². The molecule has 8 nitrogen and oxygen atoms in total. The Kier molecular flexibility index (Phi) is 6.26. The summed E-state index contributed by atoms with van der Waals surface area (Å²) in [4.78, 5) is 23.5. The van der Waals surface area contributed by atoms with Crippen molar-refractivity contribution < 1.29 is 9.90 Å². The van der Waals surface area contributed by atoms with E-state index in [1.165, 1.54) is 27.7 Å². The van der Waals surface area contributed by atoms with Crippen LogP contribution in [0.3, 0.4) is 0 Å². The van der Waals surface area contributed by atoms with E-state index in [0.717, 1.165) is 27.4 Å². The average Bonchev–Trinajstić information content (AvgIpc) is 3.57. The molecule has 10 heteroatoms. The molecule has 3 heterocycles. The molecule has 0 bridgehead atoms. The molecule has 1 aliphatic rings. The predicted octanol–water partition coefficient (Wildman–Crippen LogP) is 4.33. The van der Waals surface area contributed by atoms with Gasteiger partial charge in [-0.2, -0.15) is 15.2 Å². The summed E-state index contributed by atoms with van der Waals surface area (Å²) < 4.78 is 0. The van der Waals surface area contributed by atoms with Crippen LogP contribution < -0.4 is 10.4 Å². The third-order valence-electron chi connectivity index (χ3n) is 5.11. The first-order valence-corrected chi connectivity index (χ1v) is 12.2. The van der Waals surface area contributed by atoms with E-state index in [9.17, 15) is 9.90 Å². The summed E-state index contributed by atoms with van der Waals surface area (Å²) in [6.07, 6.45) is 0.470. The largest absolute Gasteiger partial charge is 0.396 e. The third kappa shape index (κ3) is 4.38. The normalized spacial score (nSPS) is 14.6. The number of thiazole rings is 2. The lowest BCUT2D eigenvalue weighted by Gasteiger charge is -2.06. The topological polar surface area (TPSA) is 103 Å². The highest BCUT2D eigenvalue weighted by Gasteiger charge is 2.35. The maximum absolute atomic E-state index is 13.4. The van der Waals surface area contributed by atoms with Crippen molar-refractivity contribution in [2.24, 2.45) is 10.2 Å². The van der Waals surface area contributed by atoms with Crippen LogP contribution in [0, 0.1) is 6.92 Å². The highest BCUT2D eigenvalue weighted by Crippen LogP contribution is 2.30. The van der Waals surface area contributed by atoms with Crippen molar-refractivity contribution >= 4 is 50.3 Å². The number of hydrazone groups is 2. The van der Waals surface area contributed by atoms with E-state index in [2.05, 4.69) is 25.6 Å². The van der Waals surface area contributed by atoms with Gasteiger partial charge in [0.05, 0.1) is 11.4 Å². The standard InChI is InChI=1S/C24H20N6O2S2/c1-15-18(12-13-31)25-23(34-15)28-27-21-20(17-10-6-3-7-11-17)29-30(22(21)32)24-26-19(14-33-24)16-8-4-2-5-9-16/h2-11,14,31H,12-13H2,1H3,(H,25,28)/b27-21-. The summed E-state index contributed by atoms with van der Waals surface area (Å²) >= 11 is 2.77. The van der Waals surface area contributed by atoms with E-state index in [1.54, 1.807) is 0 Å². The summed E-state index contributed by atoms with van der Waals surface area (Å²) in [7, 11) is 0. The van der Waals surface area contributed by atoms with E-state index >= 15 is 0 Å². The lowest BCUT2D eigenvalue weighted by Crippen LogP contribution is -2.28. The molecule has 2 aromatic heterocycles. The van der Waals surface area contributed by atoms with Crippen LogP contribution in [0.1, 0.15) is 16.1 Å². The van der Waals surface area contributed by atoms with Gasteiger partial charge in [-0.1, -0.05) is 60.7 Å². The number of carbonyl (C=O) groups excluding carboxylic acids is 1. The minimum absolute atomic E-state index is 0.0234. The van der Waals surface area contributed by atoms with Gasteiger partial charge in [0.25, 0.3) is 0 Å². The molecular weight excluding hydrogens is 468 g/mol. The third-order valence-corrected chi connectivity index (χ3v) is 6.85. The zero-order valence-electron chi connectivity index (χ0n) is 18.2. The van der Waals surface area contributed by atoms with Gasteiger partial charge in [0.1, 0.15) is 5.71 Å². The SMILES string of the molecule is Cc1sc(N/N=C2\C(=O)N(c3nc(-c4ccccc4)cs3)N=C2c2ccccc2)nc1CCO. The van der Waals surface area contributed by atoms with E-state index in [0.29, 0.717) is 22.4 Å². The Hall–Kier alpha value is -3.73. The highest BCUT2D eigenvalue weighted by molar-refractivity contribution is 7.15. The zero-order valence-corrected chi connectivity index (χ0v) is 19.8. The number of aliphatic hydroxyl groups excluding tert-OH is 1. The molecule has 5 rings (SSSR count). The summed E-state index contributed by atoms with van der Waals surface area (Å²) in [6, 6.07) is 19.2. The molecule has 0 saturated heterocycles. The molecular formula is C24H20N6O2S2. The number of aromatic nitrogens is 2. The molecule has 0 fully saturated rings. The molecule has 0 unspecified atom stereocenters. The molecule has 4 aromatic rings. The quantitative estimate of drug-likeness (QED) is 0.377. The number of carbonyl (C=O) groups is 1. The monoisotopic (exact) mass is 488 g/mol. The van der Waals surface area contributed by atoms with Crippen LogP contribution in [-0.2, 0) is 11.2 Å². The number of anilines is 2. The fraction of sp³-hybridized carbons (Fsp3) is 0.125. The molecule has 2 aromatic carbocycles. The van der Waals surface area contributed by atoms with Crippen molar-refractivity contribution in [3.05, 3.63) is 82.2 Å². The Labute approximate surface area is 204 Å². The lowest BCUT2D eigenvalue weighted by atomic mass is 10.1. The minimum Gasteiger partial charge on any atom is -0.396 e. The number of hydrogen-bond donors (Lipinski definition) is 2. The number of nitrogens with zero attached hydrogens (tertiary/aromatic N) is 5. The summed E-state index contributed by atoms with van der Waals surface area (Å²) in [5.74, 6) is -0.371. The van der Waals surface area contributed by atoms with E-state index in [-0.39, 0.29) is 18.2 Å². The maximum atomic E-state index is 13.4. The molecule has 2 N–H and O–H groups in total. The van der Waals surface area contributed by atoms with E-state index in [1.807, 2.05) is 73.0 Å². The van der Waals surface area contributed by atoms with Gasteiger partial charge in [-0.15, -0.1) is 22.7 Å². The van der Waals surface area contributed by atoms with Gasteiger partial charge in [0.15, 0.2) is 5.71 Å². The molecule has 0 spiro atoms. The zero-order chi connectivity index (χ0) is 23.5. The van der Waals surface area contributed by atoms with Crippen LogP contribution in [-0.4, -0.2) is 39.0 Å². The smallest absolute Gasteiger partial charge is 0.303 e. The van der Waals surface area contributed by atoms with Crippen LogP contribution in [0.4, 0.5) is 10.3 Å². The number of amides is 1. The van der Waals surface area contributed by atoms with Crippen molar-refractivity contribution in [3.63, 3.8) is 0 Å². The summed E-state index contributed by atoms with van der Waals surface area (Å²) in [6.45, 7) is 1.96. The number of hydrogen-bond acceptors (Lipinski definition) is 9. The van der Waals surface area contributed by atoms with Crippen LogP contribution in [0.5, 0.6) is 0 Å². The Morgan fingerprint density at radius 2 is 1.74 bits per heavy atom. The molecule has 0 saturated carbocycles. The van der Waals surface area contributed by atoms with Gasteiger partial charge in [0.2, 0.25) is 10.3 Å². The number of aryl methyl sites for hydroxylation is 1. The molecule has 34 heavy (non-hydrogen) atoms. The van der Waals surface area contributed by atoms with Crippen LogP contribution in [0.2, 0.25) is 0 Å². The first-order chi connectivity index (χ1) is 16.6. The molecule has 0 aliphatic carbocycles. The van der Waals surface area contributed by atoms with Gasteiger partial charge in [0, 0.05) is 34.4 Å². The van der Waals surface area contributed by atoms with Crippen LogP contribution >= 0.6 is 22.7 Å². The van der Waals surface area contributed by atoms with Gasteiger partial charge in [-0.3, -0.25) is 10.2 Å². The fourth-order valence-corrected chi connectivity index (χ4v) is 5.02. The minimum atomic E-state index is -0.371. The Morgan fingerprint density at radius 3 is 2.44 bits per heavy atom. The second-order valence-electron chi connectivity index (χ2n) is 7.38. The molecule has 0 radical (unpaired) electrons. The number of rotatable bonds is 7. The van der Waals surface area contributed by atoms with Gasteiger partial charge < -0.3 is 5.11 Å². The summed E-state index contributed by atoms with van der Waals surface area (Å²) in [5.41, 5.74) is 6.88. The molecule has 170 valence electrons. The van der Waals surface area contributed by atoms with Crippen LogP contribution in [0.25, 0.3) is 11.3 Å². The van der Waals surface area contributed by atoms with Gasteiger partial charge in [-0.25, -0.2) is 9.97 Å². The van der Waals surface area contributed by atoms with Crippen molar-refractivity contribution in [1.82, 2.24) is 9.97 Å². The molecule has 0 atom stereocenters. The maximum Gasteiger partial charge on any atom is 0.303 e. The first-order valence-electron chi connectivity index (χ1n) is 10.5. The van der Waals surface area contributed by atoms with Crippen molar-refractivity contribution in [2.45, 2.75) is 13.3 Å². The van der Waals surface area contributed by atoms with Gasteiger partial charge in [-0.05, 0) is 6.92 Å². The van der Waals surface area contributed by atoms with Crippen molar-refractivity contribution in [3.8, 4) is 11.3 Å². The number of nitrogens with one attached hydrogen (secondary N) is 1. The number of benzene rings is 2. The van der Waals surface area contributed by atoms with Crippen LogP contribution in [0.15, 0.2) is 76.2 Å².